The number of fused-ring (bicyclic) bond motifs is 1. The summed E-state index contributed by atoms with van der Waals surface area (Å²) in [6, 6.07) is 10.7. The lowest BCUT2D eigenvalue weighted by atomic mass is 10.1. The van der Waals surface area contributed by atoms with E-state index in [0.717, 1.165) is 10.3 Å². The zero-order valence-corrected chi connectivity index (χ0v) is 12.3. The van der Waals surface area contributed by atoms with Crippen LogP contribution in [-0.2, 0) is 11.2 Å². The van der Waals surface area contributed by atoms with E-state index in [1.165, 1.54) is 17.5 Å². The van der Waals surface area contributed by atoms with Crippen LogP contribution < -0.4 is 5.32 Å². The Balaban J connectivity index is 1.86. The molecule has 2 aromatic heterocycles. The number of nitrogens with one attached hydrogen (secondary N) is 1. The smallest absolute Gasteiger partial charge is 0.355 e. The standard InChI is InChI=1S/C16H12N2O3S/c19-14(9-12-2-1-7-22-12)18-11-4-3-10-5-6-17-15(16(20)21)13(10)8-11/h1-8H,9H2,(H,18,19)(H,20,21). The van der Waals surface area contributed by atoms with Crippen molar-refractivity contribution in [1.82, 2.24) is 4.98 Å². The SMILES string of the molecule is O=C(Cc1cccs1)Nc1ccc2ccnc(C(=O)O)c2c1. The van der Waals surface area contributed by atoms with Gasteiger partial charge in [0.2, 0.25) is 5.91 Å². The number of carbonyl (C=O) groups excluding carboxylic acids is 1. The van der Waals surface area contributed by atoms with Crippen molar-refractivity contribution < 1.29 is 14.7 Å². The first kappa shape index (κ1) is 14.2. The predicted octanol–water partition coefficient (Wildman–Crippen LogP) is 3.18. The zero-order chi connectivity index (χ0) is 15.5. The summed E-state index contributed by atoms with van der Waals surface area (Å²) in [5.74, 6) is -1.23. The second-order valence-corrected chi connectivity index (χ2v) is 5.74. The van der Waals surface area contributed by atoms with Gasteiger partial charge >= 0.3 is 5.97 Å². The molecule has 5 nitrogen and oxygen atoms in total. The first-order chi connectivity index (χ1) is 10.6. The number of rotatable bonds is 4. The van der Waals surface area contributed by atoms with Gasteiger partial charge in [0.25, 0.3) is 0 Å². The van der Waals surface area contributed by atoms with E-state index in [2.05, 4.69) is 10.3 Å². The minimum Gasteiger partial charge on any atom is -0.476 e. The van der Waals surface area contributed by atoms with E-state index in [1.54, 1.807) is 24.3 Å². The van der Waals surface area contributed by atoms with Crippen molar-refractivity contribution in [3.63, 3.8) is 0 Å². The molecule has 0 saturated heterocycles. The van der Waals surface area contributed by atoms with Crippen molar-refractivity contribution in [2.75, 3.05) is 5.32 Å². The average molecular weight is 312 g/mol. The third-order valence-electron chi connectivity index (χ3n) is 3.17. The van der Waals surface area contributed by atoms with Crippen LogP contribution in [-0.4, -0.2) is 22.0 Å². The van der Waals surface area contributed by atoms with Gasteiger partial charge in [-0.15, -0.1) is 11.3 Å². The highest BCUT2D eigenvalue weighted by molar-refractivity contribution is 7.10. The lowest BCUT2D eigenvalue weighted by Crippen LogP contribution is -2.13. The molecule has 1 amide bonds. The van der Waals surface area contributed by atoms with Crippen molar-refractivity contribution in [2.24, 2.45) is 0 Å². The lowest BCUT2D eigenvalue weighted by Gasteiger charge is -2.07. The third-order valence-corrected chi connectivity index (χ3v) is 4.04. The molecule has 22 heavy (non-hydrogen) atoms. The molecule has 0 bridgehead atoms. The number of benzene rings is 1. The number of aromatic nitrogens is 1. The van der Waals surface area contributed by atoms with Gasteiger partial charge in [-0.1, -0.05) is 12.1 Å². The van der Waals surface area contributed by atoms with Crippen molar-refractivity contribution in [3.8, 4) is 0 Å². The highest BCUT2D eigenvalue weighted by Crippen LogP contribution is 2.22. The average Bonchev–Trinajstić information content (AvgIpc) is 2.99. The van der Waals surface area contributed by atoms with Crippen LogP contribution >= 0.6 is 11.3 Å². The number of nitrogens with zero attached hydrogens (tertiary/aromatic N) is 1. The van der Waals surface area contributed by atoms with Crippen LogP contribution in [0, 0.1) is 0 Å². The van der Waals surface area contributed by atoms with Crippen molar-refractivity contribution in [2.45, 2.75) is 6.42 Å². The maximum Gasteiger partial charge on any atom is 0.355 e. The molecule has 6 heteroatoms. The molecule has 0 aliphatic heterocycles. The molecule has 1 aromatic carbocycles. The summed E-state index contributed by atoms with van der Waals surface area (Å²) < 4.78 is 0. The molecule has 0 atom stereocenters. The Kier molecular flexibility index (Phi) is 3.84. The van der Waals surface area contributed by atoms with Crippen LogP contribution in [0.1, 0.15) is 15.4 Å². The van der Waals surface area contributed by atoms with E-state index in [9.17, 15) is 14.7 Å². The van der Waals surface area contributed by atoms with E-state index in [4.69, 9.17) is 0 Å². The van der Waals surface area contributed by atoms with Gasteiger partial charge in [0.1, 0.15) is 0 Å². The molecule has 0 spiro atoms. The lowest BCUT2D eigenvalue weighted by molar-refractivity contribution is -0.115. The summed E-state index contributed by atoms with van der Waals surface area (Å²) in [5, 5.41) is 15.2. The van der Waals surface area contributed by atoms with Crippen LogP contribution in [0.2, 0.25) is 0 Å². The van der Waals surface area contributed by atoms with Crippen molar-refractivity contribution >= 4 is 39.7 Å². The molecule has 0 aliphatic rings. The van der Waals surface area contributed by atoms with Gasteiger partial charge < -0.3 is 10.4 Å². The normalized spacial score (nSPS) is 10.5. The first-order valence-electron chi connectivity index (χ1n) is 6.58. The number of carboxylic acids is 1. The molecule has 0 unspecified atom stereocenters. The Morgan fingerprint density at radius 1 is 1.23 bits per heavy atom. The summed E-state index contributed by atoms with van der Waals surface area (Å²) in [7, 11) is 0. The minimum absolute atomic E-state index is 0.0214. The summed E-state index contributed by atoms with van der Waals surface area (Å²) in [6.45, 7) is 0. The summed E-state index contributed by atoms with van der Waals surface area (Å²) in [4.78, 5) is 28.1. The molecule has 2 heterocycles. The number of aromatic carboxylic acids is 1. The maximum absolute atomic E-state index is 12.0. The van der Waals surface area contributed by atoms with Crippen LogP contribution in [0.15, 0.2) is 48.0 Å². The molecular weight excluding hydrogens is 300 g/mol. The second kappa shape index (κ2) is 5.95. The second-order valence-electron chi connectivity index (χ2n) is 4.70. The Hall–Kier alpha value is -2.73. The molecule has 0 fully saturated rings. The summed E-state index contributed by atoms with van der Waals surface area (Å²) in [6.07, 6.45) is 1.76. The van der Waals surface area contributed by atoms with Gasteiger partial charge in [0.05, 0.1) is 6.42 Å². The molecule has 3 rings (SSSR count). The first-order valence-corrected chi connectivity index (χ1v) is 7.46. The van der Waals surface area contributed by atoms with Crippen LogP contribution in [0.25, 0.3) is 10.8 Å². The van der Waals surface area contributed by atoms with E-state index in [0.29, 0.717) is 17.5 Å². The number of hydrogen-bond acceptors (Lipinski definition) is 4. The molecule has 110 valence electrons. The molecular formula is C16H12N2O3S. The quantitative estimate of drug-likeness (QED) is 0.775. The summed E-state index contributed by atoms with van der Waals surface area (Å²) in [5.41, 5.74) is 0.538. The number of hydrogen-bond donors (Lipinski definition) is 2. The van der Waals surface area contributed by atoms with Crippen molar-refractivity contribution in [3.05, 3.63) is 58.5 Å². The largest absolute Gasteiger partial charge is 0.476 e. The van der Waals surface area contributed by atoms with E-state index in [1.807, 2.05) is 17.5 Å². The molecule has 3 aromatic rings. The van der Waals surface area contributed by atoms with E-state index in [-0.39, 0.29) is 11.6 Å². The van der Waals surface area contributed by atoms with Gasteiger partial charge in [-0.05, 0) is 35.0 Å². The number of thiophene rings is 1. The number of pyridine rings is 1. The Morgan fingerprint density at radius 2 is 2.09 bits per heavy atom. The molecule has 0 aliphatic carbocycles. The molecule has 0 radical (unpaired) electrons. The fraction of sp³-hybridized carbons (Fsp3) is 0.0625. The van der Waals surface area contributed by atoms with Gasteiger partial charge in [-0.25, -0.2) is 9.78 Å². The van der Waals surface area contributed by atoms with Crippen LogP contribution in [0.4, 0.5) is 5.69 Å². The van der Waals surface area contributed by atoms with Gasteiger partial charge in [0.15, 0.2) is 5.69 Å². The highest BCUT2D eigenvalue weighted by atomic mass is 32.1. The number of amides is 1. The minimum atomic E-state index is -1.09. The fourth-order valence-corrected chi connectivity index (χ4v) is 2.90. The number of anilines is 1. The molecule has 2 N–H and O–H groups in total. The third kappa shape index (κ3) is 2.96. The van der Waals surface area contributed by atoms with Gasteiger partial charge in [0, 0.05) is 22.1 Å². The monoisotopic (exact) mass is 312 g/mol. The topological polar surface area (TPSA) is 79.3 Å². The van der Waals surface area contributed by atoms with E-state index >= 15 is 0 Å². The van der Waals surface area contributed by atoms with Crippen molar-refractivity contribution in [1.29, 1.82) is 0 Å². The van der Waals surface area contributed by atoms with Crippen LogP contribution in [0.3, 0.4) is 0 Å². The van der Waals surface area contributed by atoms with E-state index < -0.39 is 5.97 Å². The Morgan fingerprint density at radius 3 is 2.82 bits per heavy atom. The Labute approximate surface area is 130 Å². The number of carbonyl (C=O) groups is 2. The summed E-state index contributed by atoms with van der Waals surface area (Å²) >= 11 is 1.52. The Bertz CT molecular complexity index is 844. The predicted molar refractivity (Wildman–Crippen MR) is 85.4 cm³/mol. The van der Waals surface area contributed by atoms with Crippen LogP contribution in [0.5, 0.6) is 0 Å². The zero-order valence-electron chi connectivity index (χ0n) is 11.4. The van der Waals surface area contributed by atoms with Gasteiger partial charge in [-0.3, -0.25) is 4.79 Å². The van der Waals surface area contributed by atoms with Gasteiger partial charge in [-0.2, -0.15) is 0 Å². The maximum atomic E-state index is 12.0. The molecule has 0 saturated carbocycles. The highest BCUT2D eigenvalue weighted by Gasteiger charge is 2.11. The number of carboxylic acid groups (broad SMARTS) is 1. The fourth-order valence-electron chi connectivity index (χ4n) is 2.19.